The summed E-state index contributed by atoms with van der Waals surface area (Å²) in [6.07, 6.45) is 3.43. The number of carbonyl (C=O) groups excluding carboxylic acids is 1. The summed E-state index contributed by atoms with van der Waals surface area (Å²) in [4.78, 5) is 40.4. The molecule has 1 atom stereocenters. The zero-order valence-corrected chi connectivity index (χ0v) is 12.2. The Labute approximate surface area is 120 Å². The fourth-order valence-corrected chi connectivity index (χ4v) is 2.33. The van der Waals surface area contributed by atoms with Gasteiger partial charge in [0.15, 0.2) is 11.2 Å². The van der Waals surface area contributed by atoms with E-state index in [4.69, 9.17) is 0 Å². The second-order valence-corrected chi connectivity index (χ2v) is 5.49. The zero-order chi connectivity index (χ0) is 15.3. The third-order valence-corrected chi connectivity index (χ3v) is 3.89. The highest BCUT2D eigenvalue weighted by Crippen LogP contribution is 2.20. The van der Waals surface area contributed by atoms with Gasteiger partial charge in [0.05, 0.1) is 6.33 Å². The molecule has 0 aromatic carbocycles. The van der Waals surface area contributed by atoms with Gasteiger partial charge >= 0.3 is 5.69 Å². The van der Waals surface area contributed by atoms with Gasteiger partial charge in [-0.1, -0.05) is 0 Å². The molecule has 0 bridgehead atoms. The zero-order valence-electron chi connectivity index (χ0n) is 12.2. The summed E-state index contributed by atoms with van der Waals surface area (Å²) in [7, 11) is 2.97. The monoisotopic (exact) mass is 291 g/mol. The lowest BCUT2D eigenvalue weighted by Gasteiger charge is -2.14. The molecule has 2 aromatic heterocycles. The van der Waals surface area contributed by atoms with E-state index in [0.29, 0.717) is 0 Å². The Morgan fingerprint density at radius 2 is 2.00 bits per heavy atom. The van der Waals surface area contributed by atoms with E-state index in [9.17, 15) is 14.4 Å². The lowest BCUT2D eigenvalue weighted by Crippen LogP contribution is -2.39. The van der Waals surface area contributed by atoms with Gasteiger partial charge in [-0.15, -0.1) is 0 Å². The van der Waals surface area contributed by atoms with Crippen LogP contribution in [0, 0.1) is 0 Å². The lowest BCUT2D eigenvalue weighted by atomic mass is 10.3. The average Bonchev–Trinajstić information content (AvgIpc) is 3.16. The van der Waals surface area contributed by atoms with Crippen LogP contribution in [0.1, 0.15) is 25.8 Å². The molecule has 1 fully saturated rings. The molecule has 0 radical (unpaired) electrons. The first-order valence-electron chi connectivity index (χ1n) is 6.84. The molecule has 3 rings (SSSR count). The van der Waals surface area contributed by atoms with Crippen molar-refractivity contribution >= 4 is 17.1 Å². The van der Waals surface area contributed by atoms with E-state index in [1.807, 2.05) is 0 Å². The van der Waals surface area contributed by atoms with Crippen LogP contribution in [0.5, 0.6) is 0 Å². The Morgan fingerprint density at radius 3 is 2.62 bits per heavy atom. The summed E-state index contributed by atoms with van der Waals surface area (Å²) < 4.78 is 3.85. The molecule has 1 N–H and O–H groups in total. The van der Waals surface area contributed by atoms with Gasteiger partial charge in [0.1, 0.15) is 6.04 Å². The van der Waals surface area contributed by atoms with Crippen LogP contribution in [0.25, 0.3) is 11.2 Å². The van der Waals surface area contributed by atoms with Gasteiger partial charge in [0.2, 0.25) is 5.91 Å². The van der Waals surface area contributed by atoms with Crippen LogP contribution in [0.3, 0.4) is 0 Å². The molecule has 1 aliphatic rings. The van der Waals surface area contributed by atoms with Crippen molar-refractivity contribution in [1.82, 2.24) is 24.0 Å². The maximum atomic E-state index is 12.3. The summed E-state index contributed by atoms with van der Waals surface area (Å²) in [5.74, 6) is -0.146. The highest BCUT2D eigenvalue weighted by atomic mass is 16.2. The van der Waals surface area contributed by atoms with Crippen molar-refractivity contribution in [1.29, 1.82) is 0 Å². The normalized spacial score (nSPS) is 16.1. The van der Waals surface area contributed by atoms with Crippen LogP contribution in [-0.2, 0) is 18.9 Å². The summed E-state index contributed by atoms with van der Waals surface area (Å²) in [6, 6.07) is -0.303. The van der Waals surface area contributed by atoms with E-state index >= 15 is 0 Å². The standard InChI is InChI=1S/C13H17N5O3/c1-7(11(19)15-8-4-5-8)18-6-14-10-9(18)12(20)17(3)13(21)16(10)2/h6-8H,4-5H2,1-3H3,(H,15,19)/t7-/m0/s1. The minimum atomic E-state index is -0.555. The summed E-state index contributed by atoms with van der Waals surface area (Å²) in [5, 5.41) is 2.90. The summed E-state index contributed by atoms with van der Waals surface area (Å²) in [6.45, 7) is 1.71. The quantitative estimate of drug-likeness (QED) is 0.807. The van der Waals surface area contributed by atoms with Crippen LogP contribution < -0.4 is 16.6 Å². The predicted molar refractivity (Wildman–Crippen MR) is 76.1 cm³/mol. The minimum absolute atomic E-state index is 0.146. The maximum absolute atomic E-state index is 12.3. The van der Waals surface area contributed by atoms with Crippen molar-refractivity contribution in [2.24, 2.45) is 14.1 Å². The van der Waals surface area contributed by atoms with E-state index in [1.165, 1.54) is 22.5 Å². The SMILES string of the molecule is C[C@@H](C(=O)NC1CC1)n1cnc2c1c(=O)n(C)c(=O)n2C. The molecule has 0 aliphatic heterocycles. The first-order valence-corrected chi connectivity index (χ1v) is 6.84. The number of rotatable bonds is 3. The van der Waals surface area contributed by atoms with Crippen molar-refractivity contribution in [2.45, 2.75) is 31.8 Å². The number of hydrogen-bond acceptors (Lipinski definition) is 4. The van der Waals surface area contributed by atoms with Gasteiger partial charge in [-0.25, -0.2) is 9.78 Å². The van der Waals surface area contributed by atoms with Crippen LogP contribution in [0.4, 0.5) is 0 Å². The van der Waals surface area contributed by atoms with Gasteiger partial charge in [-0.3, -0.25) is 18.7 Å². The first-order chi connectivity index (χ1) is 9.91. The van der Waals surface area contributed by atoms with E-state index in [-0.39, 0.29) is 23.1 Å². The van der Waals surface area contributed by atoms with Crippen molar-refractivity contribution in [3.05, 3.63) is 27.2 Å². The molecule has 0 spiro atoms. The number of aromatic nitrogens is 4. The van der Waals surface area contributed by atoms with Crippen molar-refractivity contribution < 1.29 is 4.79 Å². The molecule has 1 aliphatic carbocycles. The average molecular weight is 291 g/mol. The van der Waals surface area contributed by atoms with Crippen LogP contribution in [0.15, 0.2) is 15.9 Å². The molecular weight excluding hydrogens is 274 g/mol. The number of nitrogens with zero attached hydrogens (tertiary/aromatic N) is 4. The molecule has 0 saturated heterocycles. The number of amides is 1. The van der Waals surface area contributed by atoms with Crippen molar-refractivity contribution in [3.63, 3.8) is 0 Å². The maximum Gasteiger partial charge on any atom is 0.332 e. The minimum Gasteiger partial charge on any atom is -0.352 e. The third-order valence-electron chi connectivity index (χ3n) is 3.89. The molecule has 112 valence electrons. The molecule has 1 saturated carbocycles. The molecule has 2 aromatic rings. The van der Waals surface area contributed by atoms with E-state index in [2.05, 4.69) is 10.3 Å². The number of nitrogens with one attached hydrogen (secondary N) is 1. The van der Waals surface area contributed by atoms with Crippen LogP contribution >= 0.6 is 0 Å². The van der Waals surface area contributed by atoms with Gasteiger partial charge in [-0.2, -0.15) is 0 Å². The summed E-state index contributed by atoms with van der Waals surface area (Å²) in [5.41, 5.74) is -0.336. The molecule has 1 amide bonds. The van der Waals surface area contributed by atoms with Crippen molar-refractivity contribution in [3.8, 4) is 0 Å². The fraction of sp³-hybridized carbons (Fsp3) is 0.538. The summed E-state index contributed by atoms with van der Waals surface area (Å²) >= 11 is 0. The number of fused-ring (bicyclic) bond motifs is 1. The highest BCUT2D eigenvalue weighted by molar-refractivity contribution is 5.83. The molecular formula is C13H17N5O3. The van der Waals surface area contributed by atoms with E-state index in [1.54, 1.807) is 14.0 Å². The number of carbonyl (C=O) groups is 1. The second kappa shape index (κ2) is 4.57. The van der Waals surface area contributed by atoms with Gasteiger partial charge in [0, 0.05) is 20.1 Å². The molecule has 0 unspecified atom stereocenters. The lowest BCUT2D eigenvalue weighted by molar-refractivity contribution is -0.123. The van der Waals surface area contributed by atoms with Gasteiger partial charge in [-0.05, 0) is 19.8 Å². The second-order valence-electron chi connectivity index (χ2n) is 5.49. The Morgan fingerprint density at radius 1 is 1.33 bits per heavy atom. The Kier molecular flexibility index (Phi) is 2.96. The molecule has 8 nitrogen and oxygen atoms in total. The Hall–Kier alpha value is -2.38. The Balaban J connectivity index is 2.13. The first kappa shape index (κ1) is 13.6. The highest BCUT2D eigenvalue weighted by Gasteiger charge is 2.27. The van der Waals surface area contributed by atoms with Gasteiger partial charge < -0.3 is 9.88 Å². The largest absolute Gasteiger partial charge is 0.352 e. The molecule has 21 heavy (non-hydrogen) atoms. The fourth-order valence-electron chi connectivity index (χ4n) is 2.33. The van der Waals surface area contributed by atoms with Crippen LogP contribution in [-0.4, -0.2) is 30.6 Å². The van der Waals surface area contributed by atoms with Crippen LogP contribution in [0.2, 0.25) is 0 Å². The van der Waals surface area contributed by atoms with E-state index < -0.39 is 17.3 Å². The van der Waals surface area contributed by atoms with Gasteiger partial charge in [0.25, 0.3) is 5.56 Å². The molecule has 8 heteroatoms. The smallest absolute Gasteiger partial charge is 0.332 e. The number of imidazole rings is 1. The third kappa shape index (κ3) is 2.07. The number of aryl methyl sites for hydroxylation is 1. The Bertz CT molecular complexity index is 840. The molecule has 2 heterocycles. The van der Waals surface area contributed by atoms with E-state index in [0.717, 1.165) is 17.4 Å². The predicted octanol–water partition coefficient (Wildman–Crippen LogP) is -0.727. The number of hydrogen-bond donors (Lipinski definition) is 1. The topological polar surface area (TPSA) is 90.9 Å². The van der Waals surface area contributed by atoms with Crippen molar-refractivity contribution in [2.75, 3.05) is 0 Å².